The van der Waals surface area contributed by atoms with Crippen LogP contribution in [-0.2, 0) is 38.1 Å². The summed E-state index contributed by atoms with van der Waals surface area (Å²) in [5.41, 5.74) is -3.01. The van der Waals surface area contributed by atoms with Crippen LogP contribution in [0.5, 0.6) is 0 Å². The van der Waals surface area contributed by atoms with Gasteiger partial charge in [-0.25, -0.2) is 0 Å². The maximum Gasteiger partial charge on any atom is 0.316 e. The zero-order valence-electron chi connectivity index (χ0n) is 35.9. The number of rotatable bonds is 10. The van der Waals surface area contributed by atoms with E-state index in [1.165, 1.54) is 21.0 Å². The molecule has 15 heteroatoms. The van der Waals surface area contributed by atoms with Crippen LogP contribution in [0.25, 0.3) is 0 Å². The standard InChI is InChI=1S/C41H71N3O12/c1-15-17-18-44(13)29-20-24(5)52-38(34(29)47)55-36-26(7)32(45)27(8)37(49)54-30(16-2)41(10,50)35(48)25(6)31(22(3)21-40(36,9)51-14)42-56-39-33(46)28(43(11)12)19-23(4)53-39/h1,22-30,33-36,38-39,46-48,50H,16-21H2,2-14H3/t22-,23-,24-,25+,26+,27-,28+,29+,30-,33-,34-,35-,36-,38+,39+,40-,41-/m1/s1. The minimum absolute atomic E-state index is 0.123. The molecule has 0 aromatic rings. The van der Waals surface area contributed by atoms with Crippen molar-refractivity contribution in [2.75, 3.05) is 34.8 Å². The third-order valence-corrected chi connectivity index (χ3v) is 12.4. The Kier molecular flexibility index (Phi) is 17.3. The largest absolute Gasteiger partial charge is 0.459 e. The first-order valence-corrected chi connectivity index (χ1v) is 20.1. The second-order valence-corrected chi connectivity index (χ2v) is 17.1. The minimum Gasteiger partial charge on any atom is -0.459 e. The van der Waals surface area contributed by atoms with Crippen molar-refractivity contribution in [1.29, 1.82) is 0 Å². The summed E-state index contributed by atoms with van der Waals surface area (Å²) < 4.78 is 30.9. The fraction of sp³-hybridized carbons (Fsp3) is 0.878. The van der Waals surface area contributed by atoms with Crippen molar-refractivity contribution in [2.24, 2.45) is 28.8 Å². The Labute approximate surface area is 334 Å². The molecule has 3 aliphatic heterocycles. The monoisotopic (exact) mass is 798 g/mol. The summed E-state index contributed by atoms with van der Waals surface area (Å²) in [4.78, 5) is 37.8. The number of cyclic esters (lactones) is 1. The number of nitrogens with zero attached hydrogens (tertiary/aromatic N) is 3. The number of oxime groups is 1. The van der Waals surface area contributed by atoms with Crippen molar-refractivity contribution >= 4 is 17.5 Å². The van der Waals surface area contributed by atoms with Gasteiger partial charge in [-0.3, -0.25) is 14.5 Å². The fourth-order valence-corrected chi connectivity index (χ4v) is 8.69. The molecule has 0 bridgehead atoms. The molecule has 3 fully saturated rings. The summed E-state index contributed by atoms with van der Waals surface area (Å²) in [6.07, 6.45) is -1.58. The quantitative estimate of drug-likeness (QED) is 0.109. The highest BCUT2D eigenvalue weighted by atomic mass is 16.8. The molecule has 3 heterocycles. The first kappa shape index (κ1) is 48.1. The number of esters is 1. The molecular formula is C41H71N3O12. The van der Waals surface area contributed by atoms with E-state index in [2.05, 4.69) is 11.1 Å². The van der Waals surface area contributed by atoms with Crippen LogP contribution in [0.1, 0.15) is 94.4 Å². The highest BCUT2D eigenvalue weighted by molar-refractivity contribution is 6.00. The van der Waals surface area contributed by atoms with E-state index >= 15 is 0 Å². The molecule has 0 aromatic carbocycles. The summed E-state index contributed by atoms with van der Waals surface area (Å²) in [5, 5.41) is 51.2. The number of ether oxygens (including phenoxy) is 5. The van der Waals surface area contributed by atoms with E-state index in [-0.39, 0.29) is 37.1 Å². The zero-order valence-corrected chi connectivity index (χ0v) is 35.9. The second kappa shape index (κ2) is 20.2. The number of likely N-dealkylation sites (N-methyl/N-ethyl adjacent to an activating group) is 2. The number of carbonyl (C=O) groups is 2. The number of hydrogen-bond donors (Lipinski definition) is 4. The normalized spacial score (nSPS) is 44.3. The van der Waals surface area contributed by atoms with Crippen molar-refractivity contribution < 1.29 is 58.5 Å². The molecule has 0 aliphatic carbocycles. The third kappa shape index (κ3) is 10.9. The second-order valence-electron chi connectivity index (χ2n) is 17.1. The van der Waals surface area contributed by atoms with E-state index < -0.39 is 89.7 Å². The highest BCUT2D eigenvalue weighted by Gasteiger charge is 2.52. The lowest BCUT2D eigenvalue weighted by molar-refractivity contribution is -0.295. The van der Waals surface area contributed by atoms with Crippen molar-refractivity contribution in [3.63, 3.8) is 0 Å². The van der Waals surface area contributed by atoms with Crippen LogP contribution in [0.2, 0.25) is 0 Å². The molecule has 0 spiro atoms. The number of methoxy groups -OCH3 is 1. The molecule has 322 valence electrons. The predicted molar refractivity (Wildman–Crippen MR) is 209 cm³/mol. The Morgan fingerprint density at radius 2 is 1.50 bits per heavy atom. The summed E-state index contributed by atoms with van der Waals surface area (Å²) in [6.45, 7) is 15.8. The molecule has 0 unspecified atom stereocenters. The molecule has 15 nitrogen and oxygen atoms in total. The van der Waals surface area contributed by atoms with E-state index in [1.54, 1.807) is 27.7 Å². The summed E-state index contributed by atoms with van der Waals surface area (Å²) in [7, 11) is 7.08. The topological polar surface area (TPSA) is 189 Å². The van der Waals surface area contributed by atoms with E-state index in [0.29, 0.717) is 31.5 Å². The summed E-state index contributed by atoms with van der Waals surface area (Å²) >= 11 is 0. The van der Waals surface area contributed by atoms with Gasteiger partial charge in [-0.1, -0.05) is 32.9 Å². The first-order chi connectivity index (χ1) is 26.1. The first-order valence-electron chi connectivity index (χ1n) is 20.1. The van der Waals surface area contributed by atoms with E-state index in [9.17, 15) is 30.0 Å². The molecule has 3 rings (SSSR count). The smallest absolute Gasteiger partial charge is 0.316 e. The Morgan fingerprint density at radius 1 is 0.929 bits per heavy atom. The maximum absolute atomic E-state index is 14.3. The number of carbonyl (C=O) groups excluding carboxylic acids is 2. The lowest BCUT2D eigenvalue weighted by Crippen LogP contribution is -2.60. The average Bonchev–Trinajstić information content (AvgIpc) is 3.14. The van der Waals surface area contributed by atoms with Gasteiger partial charge in [0.25, 0.3) is 6.29 Å². The number of terminal acetylenes is 1. The van der Waals surface area contributed by atoms with Crippen LogP contribution >= 0.6 is 0 Å². The van der Waals surface area contributed by atoms with Crippen LogP contribution in [-0.4, -0.2) is 161 Å². The molecule has 0 amide bonds. The van der Waals surface area contributed by atoms with Crippen LogP contribution in [0.4, 0.5) is 0 Å². The molecule has 0 saturated carbocycles. The Morgan fingerprint density at radius 3 is 2.05 bits per heavy atom. The van der Waals surface area contributed by atoms with Gasteiger partial charge < -0.3 is 53.8 Å². The average molecular weight is 798 g/mol. The molecule has 17 atom stereocenters. The fourth-order valence-electron chi connectivity index (χ4n) is 8.69. The molecule has 3 saturated heterocycles. The molecule has 3 aliphatic rings. The minimum atomic E-state index is -1.99. The molecular weight excluding hydrogens is 726 g/mol. The molecule has 0 radical (unpaired) electrons. The number of Topliss-reactive ketones (excluding diaryl/α,β-unsaturated/α-hetero) is 1. The van der Waals surface area contributed by atoms with Gasteiger partial charge >= 0.3 is 5.97 Å². The van der Waals surface area contributed by atoms with Crippen molar-refractivity contribution in [1.82, 2.24) is 9.80 Å². The van der Waals surface area contributed by atoms with Gasteiger partial charge in [0, 0.05) is 49.9 Å². The van der Waals surface area contributed by atoms with E-state index in [1.807, 2.05) is 51.7 Å². The zero-order chi connectivity index (χ0) is 42.4. The van der Waals surface area contributed by atoms with Crippen molar-refractivity contribution in [3.8, 4) is 12.3 Å². The van der Waals surface area contributed by atoms with Gasteiger partial charge in [0.1, 0.15) is 29.8 Å². The Hall–Kier alpha value is -2.23. The predicted octanol–water partition coefficient (Wildman–Crippen LogP) is 2.35. The summed E-state index contributed by atoms with van der Waals surface area (Å²) in [6, 6.07) is -0.644. The van der Waals surface area contributed by atoms with Gasteiger partial charge in [-0.15, -0.1) is 12.3 Å². The lowest BCUT2D eigenvalue weighted by atomic mass is 9.74. The van der Waals surface area contributed by atoms with Gasteiger partial charge in [-0.05, 0) is 81.4 Å². The van der Waals surface area contributed by atoms with Crippen LogP contribution in [0.3, 0.4) is 0 Å². The SMILES string of the molecule is C#CCCN(C)[C@H]1C[C@@H](C)O[C@@H](O[C@@H]2[C@@H](C)C(=O)[C@@H](C)C(=O)O[C@H](CC)[C@@](C)(O)[C@H](O)[C@@H](C)C(=NO[C@@H]3O[C@H](C)C[C@H](N(C)C)[C@H]3O)[C@H](C)C[C@@]2(C)OC)[C@@H]1O. The molecule has 0 aromatic heterocycles. The van der Waals surface area contributed by atoms with E-state index in [4.69, 9.17) is 34.9 Å². The number of aliphatic hydroxyl groups excluding tert-OH is 3. The Balaban J connectivity index is 2.17. The van der Waals surface area contributed by atoms with Crippen LogP contribution in [0.15, 0.2) is 5.16 Å². The third-order valence-electron chi connectivity index (χ3n) is 12.4. The number of ketones is 1. The Bertz CT molecular complexity index is 1370. The number of hydrogen-bond acceptors (Lipinski definition) is 15. The summed E-state index contributed by atoms with van der Waals surface area (Å²) in [5.74, 6) is -2.52. The molecule has 4 N–H and O–H groups in total. The lowest BCUT2D eigenvalue weighted by Gasteiger charge is -2.47. The maximum atomic E-state index is 14.3. The van der Waals surface area contributed by atoms with Crippen LogP contribution in [0, 0.1) is 36.0 Å². The van der Waals surface area contributed by atoms with Gasteiger partial charge in [0.15, 0.2) is 12.1 Å². The van der Waals surface area contributed by atoms with Crippen molar-refractivity contribution in [2.45, 2.75) is 173 Å². The van der Waals surface area contributed by atoms with Gasteiger partial charge in [-0.2, -0.15) is 0 Å². The van der Waals surface area contributed by atoms with Crippen molar-refractivity contribution in [3.05, 3.63) is 0 Å². The van der Waals surface area contributed by atoms with E-state index in [0.717, 1.165) is 0 Å². The van der Waals surface area contributed by atoms with Crippen LogP contribution < -0.4 is 0 Å². The highest BCUT2D eigenvalue weighted by Crippen LogP contribution is 2.39. The van der Waals surface area contributed by atoms with Gasteiger partial charge in [0.2, 0.25) is 0 Å². The molecule has 56 heavy (non-hydrogen) atoms. The van der Waals surface area contributed by atoms with Gasteiger partial charge in [0.05, 0.1) is 35.7 Å². The number of aliphatic hydroxyl groups is 4.